The Hall–Kier alpha value is -4.00. The molecule has 1 aromatic heterocycles. The van der Waals surface area contributed by atoms with Gasteiger partial charge in [0.1, 0.15) is 17.3 Å². The number of hydrogen-bond acceptors (Lipinski definition) is 4. The van der Waals surface area contributed by atoms with E-state index < -0.39 is 0 Å². The highest BCUT2D eigenvalue weighted by molar-refractivity contribution is 5.94. The number of carbonyl (C=O) groups excluding carboxylic acids is 1. The van der Waals surface area contributed by atoms with Crippen LogP contribution < -0.4 is 10.1 Å². The molecule has 0 unspecified atom stereocenters. The number of nitrogens with one attached hydrogen (secondary N) is 1. The first kappa shape index (κ1) is 19.3. The summed E-state index contributed by atoms with van der Waals surface area (Å²) in [5.41, 5.74) is 1.39. The summed E-state index contributed by atoms with van der Waals surface area (Å²) in [4.78, 5) is 14.5. The van der Waals surface area contributed by atoms with Crippen molar-refractivity contribution in [3.63, 3.8) is 0 Å². The van der Waals surface area contributed by atoms with Crippen LogP contribution in [0, 0.1) is 5.82 Å². The molecule has 0 saturated carbocycles. The molecule has 6 nitrogen and oxygen atoms in total. The smallest absolute Gasteiger partial charge is 0.251 e. The quantitative estimate of drug-likeness (QED) is 0.498. The van der Waals surface area contributed by atoms with Crippen molar-refractivity contribution in [3.05, 3.63) is 108 Å². The van der Waals surface area contributed by atoms with E-state index in [0.29, 0.717) is 23.6 Å². The largest absolute Gasteiger partial charge is 0.457 e. The summed E-state index contributed by atoms with van der Waals surface area (Å²) in [5, 5.41) is 11.3. The highest BCUT2D eigenvalue weighted by atomic mass is 19.1. The Balaban J connectivity index is 1.51. The van der Waals surface area contributed by atoms with Crippen LogP contribution in [-0.2, 0) is 6.54 Å². The SMILES string of the molecule is O=C(N[C@H](Cn1nccn1)c1ccccc1)c1cccc(Oc2ccc(F)cc2)c1. The molecular weight excluding hydrogens is 383 g/mol. The first-order valence-corrected chi connectivity index (χ1v) is 9.41. The van der Waals surface area contributed by atoms with Crippen LogP contribution in [0.15, 0.2) is 91.3 Å². The van der Waals surface area contributed by atoms with Gasteiger partial charge in [-0.15, -0.1) is 0 Å². The molecule has 0 radical (unpaired) electrons. The fourth-order valence-corrected chi connectivity index (χ4v) is 3.00. The van der Waals surface area contributed by atoms with Gasteiger partial charge in [-0.05, 0) is 48.0 Å². The zero-order chi connectivity index (χ0) is 20.8. The number of carbonyl (C=O) groups is 1. The topological polar surface area (TPSA) is 69.0 Å². The van der Waals surface area contributed by atoms with Crippen LogP contribution in [0.5, 0.6) is 11.5 Å². The molecule has 150 valence electrons. The van der Waals surface area contributed by atoms with Gasteiger partial charge in [-0.2, -0.15) is 15.0 Å². The minimum absolute atomic E-state index is 0.249. The second-order valence-electron chi connectivity index (χ2n) is 6.60. The molecule has 7 heteroatoms. The molecule has 30 heavy (non-hydrogen) atoms. The summed E-state index contributed by atoms with van der Waals surface area (Å²) in [6.45, 7) is 0.397. The Morgan fingerprint density at radius 1 is 0.933 bits per heavy atom. The number of ether oxygens (including phenoxy) is 1. The van der Waals surface area contributed by atoms with Crippen LogP contribution in [0.3, 0.4) is 0 Å². The number of halogens is 1. The van der Waals surface area contributed by atoms with Crippen molar-refractivity contribution in [2.45, 2.75) is 12.6 Å². The maximum Gasteiger partial charge on any atom is 0.251 e. The van der Waals surface area contributed by atoms with Crippen molar-refractivity contribution in [3.8, 4) is 11.5 Å². The second kappa shape index (κ2) is 9.00. The molecule has 0 aliphatic carbocycles. The van der Waals surface area contributed by atoms with E-state index in [1.54, 1.807) is 36.7 Å². The number of nitrogens with zero attached hydrogens (tertiary/aromatic N) is 3. The Morgan fingerprint density at radius 2 is 1.67 bits per heavy atom. The highest BCUT2D eigenvalue weighted by Crippen LogP contribution is 2.23. The molecule has 1 amide bonds. The predicted octanol–water partition coefficient (Wildman–Crippen LogP) is 4.38. The molecule has 4 rings (SSSR count). The number of hydrogen-bond donors (Lipinski definition) is 1. The molecule has 0 aliphatic heterocycles. The minimum Gasteiger partial charge on any atom is -0.457 e. The van der Waals surface area contributed by atoms with Gasteiger partial charge >= 0.3 is 0 Å². The van der Waals surface area contributed by atoms with Crippen LogP contribution in [0.4, 0.5) is 4.39 Å². The number of rotatable bonds is 7. The fourth-order valence-electron chi connectivity index (χ4n) is 3.00. The summed E-state index contributed by atoms with van der Waals surface area (Å²) in [6.07, 6.45) is 3.19. The minimum atomic E-state index is -0.339. The fraction of sp³-hybridized carbons (Fsp3) is 0.0870. The lowest BCUT2D eigenvalue weighted by atomic mass is 10.1. The monoisotopic (exact) mass is 402 g/mol. The molecule has 1 heterocycles. The zero-order valence-corrected chi connectivity index (χ0v) is 16.0. The van der Waals surface area contributed by atoms with Crippen molar-refractivity contribution in [2.75, 3.05) is 0 Å². The van der Waals surface area contributed by atoms with Crippen molar-refractivity contribution in [1.82, 2.24) is 20.3 Å². The Bertz CT molecular complexity index is 1100. The normalized spacial score (nSPS) is 11.6. The summed E-state index contributed by atoms with van der Waals surface area (Å²) < 4.78 is 18.8. The average molecular weight is 402 g/mol. The van der Waals surface area contributed by atoms with E-state index in [4.69, 9.17) is 4.74 Å². The Kier molecular flexibility index (Phi) is 5.80. The number of aromatic nitrogens is 3. The van der Waals surface area contributed by atoms with Crippen LogP contribution in [0.2, 0.25) is 0 Å². The van der Waals surface area contributed by atoms with Gasteiger partial charge in [0.25, 0.3) is 5.91 Å². The van der Waals surface area contributed by atoms with Crippen LogP contribution in [-0.4, -0.2) is 20.9 Å². The summed E-state index contributed by atoms with van der Waals surface area (Å²) in [6, 6.07) is 21.9. The first-order chi connectivity index (χ1) is 14.7. The van der Waals surface area contributed by atoms with Gasteiger partial charge < -0.3 is 10.1 Å². The standard InChI is InChI=1S/C23H19FN4O2/c24-19-9-11-20(12-10-19)30-21-8-4-7-18(15-21)23(29)27-22(16-28-25-13-14-26-28)17-5-2-1-3-6-17/h1-15,22H,16H2,(H,27,29)/t22-/m1/s1. The van der Waals surface area contributed by atoms with Crippen LogP contribution in [0.1, 0.15) is 22.0 Å². The molecule has 4 aromatic rings. The van der Waals surface area contributed by atoms with E-state index in [0.717, 1.165) is 5.56 Å². The van der Waals surface area contributed by atoms with Crippen molar-refractivity contribution in [1.29, 1.82) is 0 Å². The maximum absolute atomic E-state index is 13.1. The van der Waals surface area contributed by atoms with Crippen LogP contribution in [0.25, 0.3) is 0 Å². The van der Waals surface area contributed by atoms with E-state index in [9.17, 15) is 9.18 Å². The lowest BCUT2D eigenvalue weighted by molar-refractivity contribution is 0.0930. The molecule has 3 aromatic carbocycles. The molecule has 1 atom stereocenters. The third-order valence-electron chi connectivity index (χ3n) is 4.47. The van der Waals surface area contributed by atoms with Gasteiger partial charge in [0, 0.05) is 5.56 Å². The molecule has 1 N–H and O–H groups in total. The summed E-state index contributed by atoms with van der Waals surface area (Å²) in [7, 11) is 0. The van der Waals surface area contributed by atoms with E-state index in [1.165, 1.54) is 29.1 Å². The van der Waals surface area contributed by atoms with E-state index in [1.807, 2.05) is 30.3 Å². The van der Waals surface area contributed by atoms with Crippen molar-refractivity contribution < 1.29 is 13.9 Å². The lowest BCUT2D eigenvalue weighted by Crippen LogP contribution is -2.32. The predicted molar refractivity (Wildman–Crippen MR) is 110 cm³/mol. The highest BCUT2D eigenvalue weighted by Gasteiger charge is 2.17. The second-order valence-corrected chi connectivity index (χ2v) is 6.60. The lowest BCUT2D eigenvalue weighted by Gasteiger charge is -2.19. The molecule has 0 saturated heterocycles. The third kappa shape index (κ3) is 4.88. The van der Waals surface area contributed by atoms with Gasteiger partial charge in [0.15, 0.2) is 0 Å². The van der Waals surface area contributed by atoms with E-state index in [2.05, 4.69) is 15.5 Å². The molecule has 0 aliphatic rings. The maximum atomic E-state index is 13.1. The van der Waals surface area contributed by atoms with Crippen molar-refractivity contribution in [2.24, 2.45) is 0 Å². The molecular formula is C23H19FN4O2. The third-order valence-corrected chi connectivity index (χ3v) is 4.47. The first-order valence-electron chi connectivity index (χ1n) is 9.41. The van der Waals surface area contributed by atoms with Gasteiger partial charge in [0.05, 0.1) is 25.0 Å². The Labute approximate surface area is 172 Å². The Morgan fingerprint density at radius 3 is 2.40 bits per heavy atom. The van der Waals surface area contributed by atoms with Gasteiger partial charge in [0.2, 0.25) is 0 Å². The van der Waals surface area contributed by atoms with Crippen molar-refractivity contribution >= 4 is 5.91 Å². The van der Waals surface area contributed by atoms with Gasteiger partial charge in [-0.1, -0.05) is 36.4 Å². The number of amides is 1. The number of benzene rings is 3. The van der Waals surface area contributed by atoms with E-state index >= 15 is 0 Å². The summed E-state index contributed by atoms with van der Waals surface area (Å²) in [5.74, 6) is 0.384. The molecule has 0 bridgehead atoms. The van der Waals surface area contributed by atoms with Gasteiger partial charge in [-0.3, -0.25) is 4.79 Å². The van der Waals surface area contributed by atoms with Crippen LogP contribution >= 0.6 is 0 Å². The summed E-state index contributed by atoms with van der Waals surface area (Å²) >= 11 is 0. The molecule has 0 spiro atoms. The molecule has 0 fully saturated rings. The van der Waals surface area contributed by atoms with Gasteiger partial charge in [-0.25, -0.2) is 4.39 Å². The zero-order valence-electron chi connectivity index (χ0n) is 16.0. The van der Waals surface area contributed by atoms with E-state index in [-0.39, 0.29) is 17.8 Å². The average Bonchev–Trinajstić information content (AvgIpc) is 3.29.